The first-order chi connectivity index (χ1) is 9.99. The number of carbonyl (C=O) groups is 2. The van der Waals surface area contributed by atoms with Crippen molar-refractivity contribution >= 4 is 23.6 Å². The van der Waals surface area contributed by atoms with Crippen molar-refractivity contribution in [2.24, 2.45) is 0 Å². The van der Waals surface area contributed by atoms with E-state index in [-0.39, 0.29) is 22.7 Å². The highest BCUT2D eigenvalue weighted by atomic mass is 32.2. The molecule has 3 rings (SSSR count). The predicted molar refractivity (Wildman–Crippen MR) is 83.8 cm³/mol. The summed E-state index contributed by atoms with van der Waals surface area (Å²) < 4.78 is 0. The van der Waals surface area contributed by atoms with Gasteiger partial charge in [-0.2, -0.15) is 0 Å². The van der Waals surface area contributed by atoms with E-state index in [1.54, 1.807) is 16.7 Å². The van der Waals surface area contributed by atoms with Crippen molar-refractivity contribution in [2.45, 2.75) is 44.1 Å². The second-order valence-corrected chi connectivity index (χ2v) is 7.47. The summed E-state index contributed by atoms with van der Waals surface area (Å²) in [5.74, 6) is 0.767. The molecule has 0 saturated carbocycles. The Hall–Kier alpha value is -1.49. The topological polar surface area (TPSA) is 49.4 Å². The van der Waals surface area contributed by atoms with Gasteiger partial charge in [-0.05, 0) is 25.8 Å². The van der Waals surface area contributed by atoms with Gasteiger partial charge in [-0.1, -0.05) is 29.8 Å². The van der Waals surface area contributed by atoms with Crippen molar-refractivity contribution in [1.82, 2.24) is 10.2 Å². The predicted octanol–water partition coefficient (Wildman–Crippen LogP) is 2.07. The maximum Gasteiger partial charge on any atom is 0.243 e. The van der Waals surface area contributed by atoms with E-state index in [0.717, 1.165) is 12.0 Å². The molecule has 2 aliphatic rings. The second kappa shape index (κ2) is 5.37. The zero-order valence-electron chi connectivity index (χ0n) is 12.4. The molecule has 1 aromatic rings. The standard InChI is InChI=1S/C16H20N2O2S/c1-11-4-3-5-12(8-11)9-17-15(20)13-10-21-16(2)7-6-14(19)18(13)16/h3-5,8,13H,6-7,9-10H2,1-2H3,(H,17,20)/t13-,16+/m0/s1. The molecule has 21 heavy (non-hydrogen) atoms. The summed E-state index contributed by atoms with van der Waals surface area (Å²) in [5, 5.41) is 2.97. The highest BCUT2D eigenvalue weighted by molar-refractivity contribution is 8.01. The maximum atomic E-state index is 12.4. The van der Waals surface area contributed by atoms with Crippen molar-refractivity contribution in [3.8, 4) is 0 Å². The van der Waals surface area contributed by atoms with Gasteiger partial charge in [0.05, 0.1) is 4.87 Å². The van der Waals surface area contributed by atoms with Crippen LogP contribution < -0.4 is 5.32 Å². The third-order valence-corrected chi connectivity index (χ3v) is 5.80. The van der Waals surface area contributed by atoms with Gasteiger partial charge in [-0.25, -0.2) is 0 Å². The lowest BCUT2D eigenvalue weighted by Crippen LogP contribution is -2.49. The van der Waals surface area contributed by atoms with Gasteiger partial charge in [-0.15, -0.1) is 11.8 Å². The smallest absolute Gasteiger partial charge is 0.243 e. The Morgan fingerprint density at radius 3 is 3.10 bits per heavy atom. The van der Waals surface area contributed by atoms with Gasteiger partial charge in [0, 0.05) is 18.7 Å². The largest absolute Gasteiger partial charge is 0.350 e. The normalized spacial score (nSPS) is 27.8. The SMILES string of the molecule is Cc1cccc(CNC(=O)[C@@H]2CS[C@]3(C)CCC(=O)N23)c1. The van der Waals surface area contributed by atoms with Crippen molar-refractivity contribution in [2.75, 3.05) is 5.75 Å². The molecule has 0 aromatic heterocycles. The van der Waals surface area contributed by atoms with Crippen molar-refractivity contribution in [3.63, 3.8) is 0 Å². The molecule has 2 heterocycles. The number of carbonyl (C=O) groups excluding carboxylic acids is 2. The first-order valence-corrected chi connectivity index (χ1v) is 8.27. The first-order valence-electron chi connectivity index (χ1n) is 7.29. The molecule has 0 radical (unpaired) electrons. The summed E-state index contributed by atoms with van der Waals surface area (Å²) >= 11 is 1.72. The lowest BCUT2D eigenvalue weighted by Gasteiger charge is -2.29. The van der Waals surface area contributed by atoms with Crippen LogP contribution in [-0.4, -0.2) is 33.4 Å². The van der Waals surface area contributed by atoms with Crippen LogP contribution in [0.15, 0.2) is 24.3 Å². The highest BCUT2D eigenvalue weighted by Crippen LogP contribution is 2.47. The molecule has 4 nitrogen and oxygen atoms in total. The number of benzene rings is 1. The van der Waals surface area contributed by atoms with Crippen LogP contribution in [0.5, 0.6) is 0 Å². The van der Waals surface area contributed by atoms with E-state index in [1.807, 2.05) is 25.1 Å². The lowest BCUT2D eigenvalue weighted by molar-refractivity contribution is -0.138. The summed E-state index contributed by atoms with van der Waals surface area (Å²) in [6.07, 6.45) is 1.41. The van der Waals surface area contributed by atoms with E-state index in [1.165, 1.54) is 5.56 Å². The molecule has 2 fully saturated rings. The van der Waals surface area contributed by atoms with Gasteiger partial charge in [0.25, 0.3) is 0 Å². The Morgan fingerprint density at radius 1 is 1.52 bits per heavy atom. The fourth-order valence-corrected chi connectivity index (χ4v) is 4.58. The van der Waals surface area contributed by atoms with Gasteiger partial charge >= 0.3 is 0 Å². The average molecular weight is 304 g/mol. The third-order valence-electron chi connectivity index (χ3n) is 4.30. The number of rotatable bonds is 3. The number of aryl methyl sites for hydroxylation is 1. The van der Waals surface area contributed by atoms with E-state index in [4.69, 9.17) is 0 Å². The Kier molecular flexibility index (Phi) is 3.69. The molecule has 1 aromatic carbocycles. The molecule has 1 N–H and O–H groups in total. The van der Waals surface area contributed by atoms with Crippen LogP contribution in [0.3, 0.4) is 0 Å². The Balaban J connectivity index is 1.65. The van der Waals surface area contributed by atoms with E-state index in [0.29, 0.717) is 18.7 Å². The molecule has 2 aliphatic heterocycles. The molecular weight excluding hydrogens is 284 g/mol. The zero-order chi connectivity index (χ0) is 15.0. The molecule has 112 valence electrons. The van der Waals surface area contributed by atoms with Crippen LogP contribution in [-0.2, 0) is 16.1 Å². The van der Waals surface area contributed by atoms with Gasteiger partial charge in [0.2, 0.25) is 11.8 Å². The van der Waals surface area contributed by atoms with Gasteiger partial charge in [0.15, 0.2) is 0 Å². The van der Waals surface area contributed by atoms with Crippen molar-refractivity contribution in [1.29, 1.82) is 0 Å². The number of nitrogens with one attached hydrogen (secondary N) is 1. The fraction of sp³-hybridized carbons (Fsp3) is 0.500. The quantitative estimate of drug-likeness (QED) is 0.930. The highest BCUT2D eigenvalue weighted by Gasteiger charge is 2.52. The Labute approximate surface area is 129 Å². The van der Waals surface area contributed by atoms with Gasteiger partial charge < -0.3 is 10.2 Å². The van der Waals surface area contributed by atoms with Crippen LogP contribution in [0.4, 0.5) is 0 Å². The molecule has 2 atom stereocenters. The maximum absolute atomic E-state index is 12.4. The number of thioether (sulfide) groups is 1. The van der Waals surface area contributed by atoms with Crippen LogP contribution in [0.2, 0.25) is 0 Å². The molecule has 0 spiro atoms. The minimum atomic E-state index is -0.320. The minimum Gasteiger partial charge on any atom is -0.350 e. The number of hydrogen-bond donors (Lipinski definition) is 1. The van der Waals surface area contributed by atoms with E-state index < -0.39 is 0 Å². The number of nitrogens with zero attached hydrogens (tertiary/aromatic N) is 1. The van der Waals surface area contributed by atoms with E-state index in [9.17, 15) is 9.59 Å². The van der Waals surface area contributed by atoms with Crippen LogP contribution in [0, 0.1) is 6.92 Å². The van der Waals surface area contributed by atoms with Gasteiger partial charge in [-0.3, -0.25) is 9.59 Å². The number of fused-ring (bicyclic) bond motifs is 1. The lowest BCUT2D eigenvalue weighted by atomic mass is 10.1. The number of hydrogen-bond acceptors (Lipinski definition) is 3. The zero-order valence-corrected chi connectivity index (χ0v) is 13.2. The Morgan fingerprint density at radius 2 is 2.33 bits per heavy atom. The summed E-state index contributed by atoms with van der Waals surface area (Å²) in [4.78, 5) is 26.1. The second-order valence-electron chi connectivity index (χ2n) is 5.97. The summed E-state index contributed by atoms with van der Waals surface area (Å²) in [7, 11) is 0. The third kappa shape index (κ3) is 2.67. The average Bonchev–Trinajstić information content (AvgIpc) is 2.94. The molecule has 2 saturated heterocycles. The first kappa shape index (κ1) is 14.4. The van der Waals surface area contributed by atoms with Crippen LogP contribution in [0.25, 0.3) is 0 Å². The molecule has 0 unspecified atom stereocenters. The number of amides is 2. The molecule has 5 heteroatoms. The van der Waals surface area contributed by atoms with Crippen LogP contribution in [0.1, 0.15) is 30.9 Å². The summed E-state index contributed by atoms with van der Waals surface area (Å²) in [5.41, 5.74) is 2.27. The fourth-order valence-electron chi connectivity index (χ4n) is 3.14. The monoisotopic (exact) mass is 304 g/mol. The molecular formula is C16H20N2O2S. The van der Waals surface area contributed by atoms with Crippen molar-refractivity contribution in [3.05, 3.63) is 35.4 Å². The molecule has 0 aliphatic carbocycles. The van der Waals surface area contributed by atoms with Crippen LogP contribution >= 0.6 is 11.8 Å². The minimum absolute atomic E-state index is 0.0389. The molecule has 0 bridgehead atoms. The summed E-state index contributed by atoms with van der Waals surface area (Å²) in [6.45, 7) is 4.62. The van der Waals surface area contributed by atoms with Crippen molar-refractivity contribution < 1.29 is 9.59 Å². The summed E-state index contributed by atoms with van der Waals surface area (Å²) in [6, 6.07) is 7.77. The van der Waals surface area contributed by atoms with Gasteiger partial charge in [0.1, 0.15) is 6.04 Å². The van der Waals surface area contributed by atoms with E-state index >= 15 is 0 Å². The Bertz CT molecular complexity index is 589. The van der Waals surface area contributed by atoms with E-state index in [2.05, 4.69) is 18.3 Å². The molecule has 2 amide bonds.